The number of aryl methyl sites for hydroxylation is 2. The van der Waals surface area contributed by atoms with Gasteiger partial charge in [-0.1, -0.05) is 35.8 Å². The van der Waals surface area contributed by atoms with Crippen molar-refractivity contribution in [3.05, 3.63) is 95.6 Å². The molecule has 2 aromatic carbocycles. The zero-order valence-corrected chi connectivity index (χ0v) is 21.1. The fraction of sp³-hybridized carbons (Fsp3) is 0.0714. The Balaban J connectivity index is 1.41. The SMILES string of the molecule is C[n+]1ccc(C#Cc2ccc(-c3ccc(C#Cc4cc[n+](C)cc4)c4nsnc34)c3nsnc23)cc1. The second-order valence-electron chi connectivity index (χ2n) is 8.25. The van der Waals surface area contributed by atoms with E-state index >= 15 is 0 Å². The maximum absolute atomic E-state index is 4.60. The maximum atomic E-state index is 4.60. The normalized spacial score (nSPS) is 10.6. The lowest BCUT2D eigenvalue weighted by atomic mass is 9.98. The molecule has 0 radical (unpaired) electrons. The molecule has 0 N–H and O–H groups in total. The van der Waals surface area contributed by atoms with Crippen LogP contribution < -0.4 is 9.13 Å². The first-order valence-corrected chi connectivity index (χ1v) is 12.6. The Bertz CT molecular complexity index is 1720. The Morgan fingerprint density at radius 3 is 1.31 bits per heavy atom. The van der Waals surface area contributed by atoms with Crippen molar-refractivity contribution in [1.82, 2.24) is 17.5 Å². The molecule has 170 valence electrons. The van der Waals surface area contributed by atoms with Crippen LogP contribution in [0.5, 0.6) is 0 Å². The van der Waals surface area contributed by atoms with Gasteiger partial charge in [0.15, 0.2) is 24.8 Å². The minimum absolute atomic E-state index is 0.795. The van der Waals surface area contributed by atoms with Crippen LogP contribution >= 0.6 is 23.5 Å². The third-order valence-corrected chi connectivity index (χ3v) is 6.82. The molecule has 0 bridgehead atoms. The van der Waals surface area contributed by atoms with Gasteiger partial charge in [0.1, 0.15) is 36.2 Å². The van der Waals surface area contributed by atoms with Gasteiger partial charge in [-0.25, -0.2) is 9.13 Å². The summed E-state index contributed by atoms with van der Waals surface area (Å²) in [5.41, 5.74) is 8.74. The first-order valence-electron chi connectivity index (χ1n) is 11.1. The number of benzene rings is 2. The third-order valence-electron chi connectivity index (χ3n) is 5.76. The third kappa shape index (κ3) is 4.20. The maximum Gasteiger partial charge on any atom is 0.169 e. The van der Waals surface area contributed by atoms with Gasteiger partial charge in [-0.3, -0.25) is 0 Å². The van der Waals surface area contributed by atoms with Crippen molar-refractivity contribution in [3.63, 3.8) is 0 Å². The van der Waals surface area contributed by atoms with E-state index in [0.29, 0.717) is 0 Å². The van der Waals surface area contributed by atoms with Crippen molar-refractivity contribution in [2.45, 2.75) is 0 Å². The van der Waals surface area contributed by atoms with Crippen LogP contribution in [0, 0.1) is 23.7 Å². The molecule has 6 rings (SSSR count). The first-order chi connectivity index (χ1) is 17.7. The second kappa shape index (κ2) is 9.27. The Hall–Kier alpha value is -4.50. The highest BCUT2D eigenvalue weighted by Gasteiger charge is 2.16. The van der Waals surface area contributed by atoms with Crippen LogP contribution in [0.4, 0.5) is 0 Å². The number of aromatic nitrogens is 6. The lowest BCUT2D eigenvalue weighted by Crippen LogP contribution is -2.25. The number of fused-ring (bicyclic) bond motifs is 2. The average Bonchev–Trinajstić information content (AvgIpc) is 3.59. The van der Waals surface area contributed by atoms with Crippen LogP contribution in [-0.4, -0.2) is 17.5 Å². The van der Waals surface area contributed by atoms with Crippen molar-refractivity contribution in [2.75, 3.05) is 0 Å². The van der Waals surface area contributed by atoms with E-state index in [1.165, 1.54) is 23.5 Å². The van der Waals surface area contributed by atoms with Gasteiger partial charge < -0.3 is 0 Å². The molecular formula is C28H18N6S2+2. The molecule has 0 saturated heterocycles. The largest absolute Gasteiger partial charge is 0.208 e. The first kappa shape index (κ1) is 22.0. The quantitative estimate of drug-likeness (QED) is 0.253. The Morgan fingerprint density at radius 1 is 0.500 bits per heavy atom. The Morgan fingerprint density at radius 2 is 0.889 bits per heavy atom. The van der Waals surface area contributed by atoms with Crippen LogP contribution in [-0.2, 0) is 14.1 Å². The molecule has 0 fully saturated rings. The molecule has 8 heteroatoms. The molecule has 0 unspecified atom stereocenters. The van der Waals surface area contributed by atoms with Crippen LogP contribution in [0.1, 0.15) is 22.3 Å². The summed E-state index contributed by atoms with van der Waals surface area (Å²) in [6, 6.07) is 16.1. The molecular weight excluding hydrogens is 484 g/mol. The number of nitrogens with zero attached hydrogens (tertiary/aromatic N) is 6. The summed E-state index contributed by atoms with van der Waals surface area (Å²) in [5, 5.41) is 0. The summed E-state index contributed by atoms with van der Waals surface area (Å²) >= 11 is 2.38. The highest BCUT2D eigenvalue weighted by molar-refractivity contribution is 7.00. The molecule has 0 aliphatic carbocycles. The minimum atomic E-state index is 0.795. The Kier molecular flexibility index (Phi) is 5.67. The van der Waals surface area contributed by atoms with Gasteiger partial charge in [0.25, 0.3) is 0 Å². The molecule has 0 aliphatic heterocycles. The fourth-order valence-corrected chi connectivity index (χ4v) is 4.96. The fourth-order valence-electron chi connectivity index (χ4n) is 3.82. The second-order valence-corrected chi connectivity index (χ2v) is 9.31. The smallest absolute Gasteiger partial charge is 0.169 e. The lowest BCUT2D eigenvalue weighted by molar-refractivity contribution is -0.671. The van der Waals surface area contributed by atoms with E-state index in [0.717, 1.165) is 55.4 Å². The summed E-state index contributed by atoms with van der Waals surface area (Å²) in [4.78, 5) is 0. The van der Waals surface area contributed by atoms with Gasteiger partial charge in [0, 0.05) is 46.5 Å². The predicted octanol–water partition coefficient (Wildman–Crippen LogP) is 3.81. The van der Waals surface area contributed by atoms with Crippen molar-refractivity contribution in [2.24, 2.45) is 14.1 Å². The summed E-state index contributed by atoms with van der Waals surface area (Å²) in [5.74, 6) is 13.0. The molecule has 0 aliphatic rings. The number of hydrogen-bond donors (Lipinski definition) is 0. The van der Waals surface area contributed by atoms with E-state index in [4.69, 9.17) is 0 Å². The summed E-state index contributed by atoms with van der Waals surface area (Å²) in [6.07, 6.45) is 7.92. The monoisotopic (exact) mass is 502 g/mol. The average molecular weight is 503 g/mol. The van der Waals surface area contributed by atoms with Crippen molar-refractivity contribution in [3.8, 4) is 34.8 Å². The van der Waals surface area contributed by atoms with Crippen LogP contribution in [0.25, 0.3) is 33.2 Å². The number of pyridine rings is 2. The topological polar surface area (TPSA) is 59.3 Å². The summed E-state index contributed by atoms with van der Waals surface area (Å²) in [7, 11) is 3.97. The molecule has 0 saturated carbocycles. The molecule has 0 amide bonds. The molecule has 6 aromatic rings. The van der Waals surface area contributed by atoms with E-state index in [9.17, 15) is 0 Å². The molecule has 0 atom stereocenters. The van der Waals surface area contributed by atoms with E-state index in [1.54, 1.807) is 0 Å². The zero-order valence-electron chi connectivity index (χ0n) is 19.4. The Labute approximate surface area is 216 Å². The lowest BCUT2D eigenvalue weighted by Gasteiger charge is -2.05. The standard InChI is InChI=1S/C28H18N6S2/c1-33-15-11-19(12-16-33)3-5-21-7-9-23(27-25(21)29-35-31-27)24-10-8-22(26-28(24)32-36-30-26)6-4-20-13-17-34(2)18-14-20/h7-18H,1-2H3/q+2. The zero-order chi connectivity index (χ0) is 24.5. The van der Waals surface area contributed by atoms with Crippen LogP contribution in [0.3, 0.4) is 0 Å². The highest BCUT2D eigenvalue weighted by Crippen LogP contribution is 2.34. The van der Waals surface area contributed by atoms with Gasteiger partial charge in [0.05, 0.1) is 34.6 Å². The molecule has 4 heterocycles. The van der Waals surface area contributed by atoms with E-state index in [-0.39, 0.29) is 0 Å². The summed E-state index contributed by atoms with van der Waals surface area (Å²) < 4.78 is 22.3. The van der Waals surface area contributed by atoms with E-state index < -0.39 is 0 Å². The molecule has 0 spiro atoms. The van der Waals surface area contributed by atoms with E-state index in [2.05, 4.69) is 41.2 Å². The van der Waals surface area contributed by atoms with Gasteiger partial charge in [0.2, 0.25) is 0 Å². The van der Waals surface area contributed by atoms with Crippen LogP contribution in [0.2, 0.25) is 0 Å². The van der Waals surface area contributed by atoms with Gasteiger partial charge in [-0.05, 0) is 12.1 Å². The highest BCUT2D eigenvalue weighted by atomic mass is 32.1. The van der Waals surface area contributed by atoms with Gasteiger partial charge >= 0.3 is 0 Å². The minimum Gasteiger partial charge on any atom is -0.208 e. The number of rotatable bonds is 1. The van der Waals surface area contributed by atoms with E-state index in [1.807, 2.05) is 96.5 Å². The van der Waals surface area contributed by atoms with Crippen molar-refractivity contribution < 1.29 is 9.13 Å². The van der Waals surface area contributed by atoms with Gasteiger partial charge in [-0.15, -0.1) is 0 Å². The molecule has 6 nitrogen and oxygen atoms in total. The van der Waals surface area contributed by atoms with Crippen molar-refractivity contribution >= 4 is 45.5 Å². The van der Waals surface area contributed by atoms with Crippen molar-refractivity contribution in [1.29, 1.82) is 0 Å². The number of hydrogen-bond acceptors (Lipinski definition) is 6. The molecule has 36 heavy (non-hydrogen) atoms. The van der Waals surface area contributed by atoms with Crippen LogP contribution in [0.15, 0.2) is 73.3 Å². The molecule has 4 aromatic heterocycles. The summed E-state index contributed by atoms with van der Waals surface area (Å²) in [6.45, 7) is 0. The van der Waals surface area contributed by atoms with Gasteiger partial charge in [-0.2, -0.15) is 17.5 Å². The predicted molar refractivity (Wildman–Crippen MR) is 141 cm³/mol.